The van der Waals surface area contributed by atoms with E-state index in [1.54, 1.807) is 6.92 Å². The number of carbonyl (C=O) groups excluding carboxylic acids is 1. The number of rotatable bonds is 1. The van der Waals surface area contributed by atoms with Gasteiger partial charge in [-0.05, 0) is 58.8 Å². The summed E-state index contributed by atoms with van der Waals surface area (Å²) in [6, 6.07) is 26.4. The van der Waals surface area contributed by atoms with Crippen LogP contribution in [-0.4, -0.2) is 17.2 Å². The van der Waals surface area contributed by atoms with Crippen molar-refractivity contribution in [1.82, 2.24) is 0 Å². The average Bonchev–Trinajstić information content (AvgIpc) is 2.67. The number of hydrogen-bond donors (Lipinski definition) is 0. The minimum absolute atomic E-state index is 0.106. The molecule has 4 aromatic rings. The number of halogens is 5. The van der Waals surface area contributed by atoms with Gasteiger partial charge in [-0.2, -0.15) is 0 Å². The molecule has 4 aromatic carbocycles. The quantitative estimate of drug-likeness (QED) is 0.160. The predicted octanol–water partition coefficient (Wildman–Crippen LogP) is 9.09. The smallest absolute Gasteiger partial charge is 0.295 e. The van der Waals surface area contributed by atoms with Crippen molar-refractivity contribution in [3.05, 3.63) is 93.4 Å². The highest BCUT2D eigenvalue weighted by Crippen LogP contribution is 2.21. The van der Waals surface area contributed by atoms with E-state index in [4.69, 9.17) is 30.1 Å². The molecule has 0 aliphatic heterocycles. The van der Waals surface area contributed by atoms with E-state index in [-0.39, 0.29) is 5.78 Å². The van der Waals surface area contributed by atoms with E-state index >= 15 is 0 Å². The maximum atomic E-state index is 11.1. The highest BCUT2D eigenvalue weighted by molar-refractivity contribution is 9.10. The first-order valence-corrected chi connectivity index (χ1v) is 15.4. The van der Waals surface area contributed by atoms with E-state index in [9.17, 15) is 4.79 Å². The summed E-state index contributed by atoms with van der Waals surface area (Å²) in [6.45, 7) is 1.58. The largest absolute Gasteiger partial charge is 0.643 e. The summed E-state index contributed by atoms with van der Waals surface area (Å²) in [5.74, 6) is 0.106. The molecule has 0 saturated heterocycles. The molecule has 0 atom stereocenters. The fraction of sp³-hybridized carbons (Fsp3) is 0.0455. The van der Waals surface area contributed by atoms with Crippen LogP contribution in [0.5, 0.6) is 0 Å². The first kappa shape index (κ1) is 24.7. The second-order valence-electron chi connectivity index (χ2n) is 6.00. The van der Waals surface area contributed by atoms with Crippen LogP contribution in [0.1, 0.15) is 17.3 Å². The molecule has 0 fully saturated rings. The Morgan fingerprint density at radius 3 is 1.66 bits per heavy atom. The van der Waals surface area contributed by atoms with Crippen LogP contribution in [0.3, 0.4) is 0 Å². The van der Waals surface area contributed by atoms with Gasteiger partial charge in [0.25, 0.3) is 0 Å². The monoisotopic (exact) mass is 586 g/mol. The first-order valence-electron chi connectivity index (χ1n) is 8.53. The van der Waals surface area contributed by atoms with Crippen LogP contribution in [0.25, 0.3) is 21.5 Å². The third-order valence-electron chi connectivity index (χ3n) is 3.92. The Morgan fingerprint density at radius 2 is 1.10 bits per heavy atom. The zero-order chi connectivity index (χ0) is 21.4. The number of fused-ring (bicyclic) bond motifs is 2. The lowest BCUT2D eigenvalue weighted by molar-refractivity contribution is 0.101. The molecule has 0 radical (unpaired) electrons. The molecule has 0 heterocycles. The lowest BCUT2D eigenvalue weighted by Crippen LogP contribution is -1.90. The minimum Gasteiger partial charge on any atom is -0.295 e. The number of hydrogen-bond acceptors (Lipinski definition) is 1. The minimum atomic E-state index is -1.72. The Labute approximate surface area is 204 Å². The summed E-state index contributed by atoms with van der Waals surface area (Å²) < 4.78 is 2.19. The van der Waals surface area contributed by atoms with Crippen LogP contribution in [0.4, 0.5) is 0 Å². The molecule has 7 heteroatoms. The molecule has 0 aliphatic carbocycles. The molecule has 0 aromatic heterocycles. The Kier molecular flexibility index (Phi) is 10.5. The van der Waals surface area contributed by atoms with Crippen molar-refractivity contribution in [3.63, 3.8) is 0 Å². The lowest BCUT2D eigenvalue weighted by Gasteiger charge is -2.00. The molecular weight excluding hydrogens is 573 g/mol. The van der Waals surface area contributed by atoms with Crippen LogP contribution in [0, 0.1) is 0 Å². The molecule has 4 rings (SSSR count). The van der Waals surface area contributed by atoms with Gasteiger partial charge in [0.15, 0.2) is 5.78 Å². The summed E-state index contributed by atoms with van der Waals surface area (Å²) in [5, 5.41) is 4.81. The predicted molar refractivity (Wildman–Crippen MR) is 137 cm³/mol. The Bertz CT molecular complexity index is 1120. The van der Waals surface area contributed by atoms with Gasteiger partial charge < -0.3 is 0 Å². The zero-order valence-corrected chi connectivity index (χ0v) is 22.0. The fourth-order valence-corrected chi connectivity index (χ4v) is 3.35. The van der Waals surface area contributed by atoms with E-state index < -0.39 is 11.4 Å². The lowest BCUT2D eigenvalue weighted by atomic mass is 10.1. The summed E-state index contributed by atoms with van der Waals surface area (Å²) in [7, 11) is 14.8. The van der Waals surface area contributed by atoms with Gasteiger partial charge in [0.1, 0.15) is 0 Å². The molecule has 1 nitrogen and oxygen atoms in total. The van der Waals surface area contributed by atoms with E-state index in [0.29, 0.717) is 0 Å². The van der Waals surface area contributed by atoms with Crippen molar-refractivity contribution in [2.45, 2.75) is 6.92 Å². The second kappa shape index (κ2) is 12.3. The molecule has 29 heavy (non-hydrogen) atoms. The van der Waals surface area contributed by atoms with Crippen molar-refractivity contribution in [3.8, 4) is 0 Å². The highest BCUT2D eigenvalue weighted by atomic mass is 79.9. The van der Waals surface area contributed by atoms with Crippen molar-refractivity contribution < 1.29 is 4.79 Å². The van der Waals surface area contributed by atoms with E-state index in [2.05, 4.69) is 74.3 Å². The molecule has 0 unspecified atom stereocenters. The van der Waals surface area contributed by atoms with Crippen molar-refractivity contribution >= 4 is 101 Å². The molecular formula is C22H16AlBr2Cl3O. The van der Waals surface area contributed by atoms with E-state index in [1.165, 1.54) is 10.8 Å². The molecule has 0 N–H and O–H groups in total. The van der Waals surface area contributed by atoms with Crippen molar-refractivity contribution in [2.24, 2.45) is 0 Å². The maximum absolute atomic E-state index is 11.1. The van der Waals surface area contributed by atoms with Gasteiger partial charge in [-0.15, -0.1) is 0 Å². The molecule has 148 valence electrons. The number of carbonyl (C=O) groups is 1. The Balaban J connectivity index is 0.000000179. The highest BCUT2D eigenvalue weighted by Gasteiger charge is 2.01. The van der Waals surface area contributed by atoms with Crippen molar-refractivity contribution in [1.29, 1.82) is 0 Å². The Hall–Kier alpha value is -0.568. The summed E-state index contributed by atoms with van der Waals surface area (Å²) >= 11 is 5.12. The molecule has 0 bridgehead atoms. The maximum Gasteiger partial charge on any atom is 0.643 e. The number of Topliss-reactive ketones (excluding diaryl/α,β-unsaturated/α-hetero) is 1. The van der Waals surface area contributed by atoms with Crippen LogP contribution in [-0.2, 0) is 0 Å². The topological polar surface area (TPSA) is 17.1 Å². The zero-order valence-electron chi connectivity index (χ0n) is 15.4. The third-order valence-corrected chi connectivity index (χ3v) is 4.91. The standard InChI is InChI=1S/C12H9BrO.C10H7Br.Al.3ClH/c1-8(14)9-2-3-11-7-12(13)5-4-10(11)6-9;11-10-6-5-8-3-1-2-4-9(8)7-10;;;;/h2-7H,1H3;1-7H;;3*1H/q;;+3;;;/p-3. The van der Waals surface area contributed by atoms with Gasteiger partial charge in [0, 0.05) is 14.5 Å². The van der Waals surface area contributed by atoms with Gasteiger partial charge in [0.05, 0.1) is 0 Å². The van der Waals surface area contributed by atoms with Gasteiger partial charge in [0.2, 0.25) is 0 Å². The van der Waals surface area contributed by atoms with Gasteiger partial charge in [-0.3, -0.25) is 4.79 Å². The normalized spacial score (nSPS) is 9.86. The van der Waals surface area contributed by atoms with Crippen LogP contribution < -0.4 is 0 Å². The molecule has 0 spiro atoms. The second-order valence-corrected chi connectivity index (χ2v) is 14.3. The number of ketones is 1. The molecule has 0 saturated carbocycles. The van der Waals surface area contributed by atoms with E-state index in [0.717, 1.165) is 25.3 Å². The summed E-state index contributed by atoms with van der Waals surface area (Å²) in [6.07, 6.45) is 0. The van der Waals surface area contributed by atoms with Gasteiger partial charge in [-0.1, -0.05) is 80.4 Å². The number of benzene rings is 4. The van der Waals surface area contributed by atoms with E-state index in [1.807, 2.05) is 36.4 Å². The fourth-order valence-electron chi connectivity index (χ4n) is 2.60. The van der Waals surface area contributed by atoms with Crippen LogP contribution in [0.15, 0.2) is 87.8 Å². The summed E-state index contributed by atoms with van der Waals surface area (Å²) in [5.41, 5.74) is 0.764. The SMILES string of the molecule is Brc1ccc2ccccc2c1.CC(=O)c1ccc2cc(Br)ccc2c1.[Cl][Al]([Cl])[Cl]. The first-order chi connectivity index (χ1) is 13.8. The van der Waals surface area contributed by atoms with Crippen LogP contribution in [0.2, 0.25) is 0 Å². The van der Waals surface area contributed by atoms with Crippen LogP contribution >= 0.6 is 62.0 Å². The van der Waals surface area contributed by atoms with Crippen molar-refractivity contribution in [2.75, 3.05) is 0 Å². The summed E-state index contributed by atoms with van der Waals surface area (Å²) in [4.78, 5) is 11.1. The Morgan fingerprint density at radius 1 is 0.690 bits per heavy atom. The third kappa shape index (κ3) is 8.60. The average molecular weight is 590 g/mol. The van der Waals surface area contributed by atoms with Gasteiger partial charge >= 0.3 is 11.4 Å². The molecule has 0 amide bonds. The van der Waals surface area contributed by atoms with Gasteiger partial charge in [-0.25, -0.2) is 30.1 Å². The molecule has 0 aliphatic rings.